The van der Waals surface area contributed by atoms with Crippen molar-refractivity contribution < 1.29 is 18.8 Å². The lowest BCUT2D eigenvalue weighted by molar-refractivity contribution is -0.140. The van der Waals surface area contributed by atoms with Crippen LogP contribution in [0.25, 0.3) is 0 Å². The van der Waals surface area contributed by atoms with Gasteiger partial charge in [0.2, 0.25) is 11.8 Å². The van der Waals surface area contributed by atoms with Crippen LogP contribution < -0.4 is 10.6 Å². The minimum Gasteiger partial charge on any atom is -0.467 e. The van der Waals surface area contributed by atoms with E-state index in [2.05, 4.69) is 22.8 Å². The molecule has 0 spiro atoms. The van der Waals surface area contributed by atoms with E-state index in [4.69, 9.17) is 4.42 Å². The zero-order chi connectivity index (χ0) is 16.7. The van der Waals surface area contributed by atoms with E-state index in [1.165, 1.54) is 4.90 Å². The fourth-order valence-electron chi connectivity index (χ4n) is 4.11. The van der Waals surface area contributed by atoms with Gasteiger partial charge >= 0.3 is 6.03 Å². The Morgan fingerprint density at radius 1 is 1.17 bits per heavy atom. The van der Waals surface area contributed by atoms with Crippen LogP contribution in [-0.4, -0.2) is 35.8 Å². The minimum absolute atomic E-state index is 0.0837. The lowest BCUT2D eigenvalue weighted by atomic mass is 9.85. The van der Waals surface area contributed by atoms with Gasteiger partial charge in [0.05, 0.1) is 24.6 Å². The van der Waals surface area contributed by atoms with Crippen LogP contribution in [-0.2, 0) is 16.1 Å². The molecule has 2 bridgehead atoms. The number of likely N-dealkylation sites (tertiary alicyclic amines) is 1. The van der Waals surface area contributed by atoms with Gasteiger partial charge in [-0.15, -0.1) is 0 Å². The summed E-state index contributed by atoms with van der Waals surface area (Å²) < 4.78 is 5.12. The molecule has 126 valence electrons. The molecule has 2 heterocycles. The predicted molar refractivity (Wildman–Crippen MR) is 83.4 cm³/mol. The van der Waals surface area contributed by atoms with Gasteiger partial charge < -0.3 is 15.1 Å². The lowest BCUT2D eigenvalue weighted by Gasteiger charge is -2.17. The van der Waals surface area contributed by atoms with Gasteiger partial charge in [0, 0.05) is 13.1 Å². The monoisotopic (exact) mass is 329 g/mol. The van der Waals surface area contributed by atoms with E-state index in [1.807, 2.05) is 0 Å². The Labute approximate surface area is 139 Å². The van der Waals surface area contributed by atoms with Crippen LogP contribution in [0.15, 0.2) is 35.0 Å². The summed E-state index contributed by atoms with van der Waals surface area (Å²) in [5, 5.41) is 5.32. The molecule has 2 aliphatic carbocycles. The van der Waals surface area contributed by atoms with Gasteiger partial charge in [-0.2, -0.15) is 0 Å². The maximum absolute atomic E-state index is 12.5. The summed E-state index contributed by atoms with van der Waals surface area (Å²) in [6.45, 7) is 0.752. The third-order valence-electron chi connectivity index (χ3n) is 5.19. The number of hydrogen-bond donors (Lipinski definition) is 2. The van der Waals surface area contributed by atoms with E-state index in [9.17, 15) is 14.4 Å². The smallest absolute Gasteiger partial charge is 0.315 e. The summed E-state index contributed by atoms with van der Waals surface area (Å²) in [5.41, 5.74) is 0. The van der Waals surface area contributed by atoms with Gasteiger partial charge in [0.15, 0.2) is 0 Å². The van der Waals surface area contributed by atoms with Gasteiger partial charge in [-0.3, -0.25) is 14.5 Å². The first kappa shape index (κ1) is 15.0. The molecule has 1 aromatic rings. The highest BCUT2D eigenvalue weighted by molar-refractivity contribution is 6.06. The number of amides is 4. The number of imide groups is 1. The van der Waals surface area contributed by atoms with Crippen LogP contribution in [0.1, 0.15) is 12.2 Å². The number of hydrogen-bond acceptors (Lipinski definition) is 4. The average Bonchev–Trinajstić information content (AvgIpc) is 3.33. The molecular weight excluding hydrogens is 310 g/mol. The van der Waals surface area contributed by atoms with Crippen LogP contribution in [0.4, 0.5) is 4.79 Å². The number of urea groups is 1. The Hall–Kier alpha value is -2.57. The highest BCUT2D eigenvalue weighted by Gasteiger charge is 2.58. The van der Waals surface area contributed by atoms with Crippen molar-refractivity contribution in [1.82, 2.24) is 15.5 Å². The van der Waals surface area contributed by atoms with Crippen molar-refractivity contribution in [3.8, 4) is 0 Å². The number of furan rings is 1. The second-order valence-electron chi connectivity index (χ2n) is 6.52. The molecule has 1 saturated heterocycles. The Balaban J connectivity index is 1.25. The maximum Gasteiger partial charge on any atom is 0.315 e. The molecule has 3 aliphatic rings. The summed E-state index contributed by atoms with van der Waals surface area (Å²) >= 11 is 0. The molecule has 4 amide bonds. The van der Waals surface area contributed by atoms with Crippen LogP contribution in [0.5, 0.6) is 0 Å². The molecule has 4 rings (SSSR count). The number of allylic oxidation sites excluding steroid dienone is 2. The number of nitrogens with zero attached hydrogens (tertiary/aromatic N) is 1. The first-order valence-electron chi connectivity index (χ1n) is 8.23. The number of nitrogens with one attached hydrogen (secondary N) is 2. The minimum atomic E-state index is -0.354. The Morgan fingerprint density at radius 3 is 2.50 bits per heavy atom. The zero-order valence-corrected chi connectivity index (χ0v) is 13.1. The number of rotatable bonds is 5. The molecule has 0 aromatic carbocycles. The highest BCUT2D eigenvalue weighted by atomic mass is 16.3. The zero-order valence-electron chi connectivity index (χ0n) is 13.1. The van der Waals surface area contributed by atoms with Crippen LogP contribution in [0, 0.1) is 23.7 Å². The SMILES string of the molecule is O=C(NCCN1C(=O)[C@@H]2[C@@H](C1=O)[C@H]1C=C[C@H]2C1)NCc1ccco1. The van der Waals surface area contributed by atoms with Gasteiger partial charge in [0.25, 0.3) is 0 Å². The molecule has 1 saturated carbocycles. The van der Waals surface area contributed by atoms with Crippen molar-refractivity contribution in [2.45, 2.75) is 13.0 Å². The first-order valence-corrected chi connectivity index (χ1v) is 8.23. The Kier molecular flexibility index (Phi) is 3.63. The molecule has 0 radical (unpaired) electrons. The number of fused-ring (bicyclic) bond motifs is 5. The average molecular weight is 329 g/mol. The Bertz CT molecular complexity index is 667. The summed E-state index contributed by atoms with van der Waals surface area (Å²) in [5.74, 6) is 0.558. The van der Waals surface area contributed by atoms with Crippen molar-refractivity contribution in [1.29, 1.82) is 0 Å². The van der Waals surface area contributed by atoms with E-state index in [0.717, 1.165) is 6.42 Å². The molecule has 24 heavy (non-hydrogen) atoms. The van der Waals surface area contributed by atoms with Crippen molar-refractivity contribution >= 4 is 17.8 Å². The van der Waals surface area contributed by atoms with Gasteiger partial charge in [-0.1, -0.05) is 12.2 Å². The molecule has 0 unspecified atom stereocenters. The quantitative estimate of drug-likeness (QED) is 0.620. The van der Waals surface area contributed by atoms with Crippen LogP contribution >= 0.6 is 0 Å². The summed E-state index contributed by atoms with van der Waals surface area (Å²) in [7, 11) is 0. The highest BCUT2D eigenvalue weighted by Crippen LogP contribution is 2.52. The van der Waals surface area contributed by atoms with Crippen molar-refractivity contribution in [3.63, 3.8) is 0 Å². The van der Waals surface area contributed by atoms with Gasteiger partial charge in [-0.25, -0.2) is 4.79 Å². The molecule has 7 nitrogen and oxygen atoms in total. The largest absolute Gasteiger partial charge is 0.467 e. The fourth-order valence-corrected chi connectivity index (χ4v) is 4.11. The molecule has 4 atom stereocenters. The van der Waals surface area contributed by atoms with Crippen LogP contribution in [0.2, 0.25) is 0 Å². The van der Waals surface area contributed by atoms with Crippen LogP contribution in [0.3, 0.4) is 0 Å². The summed E-state index contributed by atoms with van der Waals surface area (Å²) in [6.07, 6.45) is 6.61. The Morgan fingerprint density at radius 2 is 1.88 bits per heavy atom. The number of carbonyl (C=O) groups excluding carboxylic acids is 3. The maximum atomic E-state index is 12.5. The number of carbonyl (C=O) groups is 3. The van der Waals surface area contributed by atoms with E-state index < -0.39 is 0 Å². The molecule has 1 aromatic heterocycles. The van der Waals surface area contributed by atoms with E-state index in [1.54, 1.807) is 18.4 Å². The normalized spacial score (nSPS) is 30.1. The predicted octanol–water partition coefficient (Wildman–Crippen LogP) is 0.886. The van der Waals surface area contributed by atoms with Crippen molar-refractivity contribution in [2.75, 3.05) is 13.1 Å². The van der Waals surface area contributed by atoms with E-state index in [0.29, 0.717) is 12.3 Å². The second kappa shape index (κ2) is 5.81. The van der Waals surface area contributed by atoms with Crippen molar-refractivity contribution in [2.24, 2.45) is 23.7 Å². The topological polar surface area (TPSA) is 91.7 Å². The molecular formula is C17H19N3O4. The summed E-state index contributed by atoms with van der Waals surface area (Å²) in [6, 6.07) is 3.16. The first-order chi connectivity index (χ1) is 11.6. The molecule has 7 heteroatoms. The molecule has 2 fully saturated rings. The van der Waals surface area contributed by atoms with E-state index in [-0.39, 0.29) is 54.6 Å². The van der Waals surface area contributed by atoms with Gasteiger partial charge in [0.1, 0.15) is 5.76 Å². The molecule has 1 aliphatic heterocycles. The summed E-state index contributed by atoms with van der Waals surface area (Å²) in [4.78, 5) is 38.0. The standard InChI is InChI=1S/C17H19N3O4/c21-15-13-10-3-4-11(8-10)14(13)16(22)20(15)6-5-18-17(23)19-9-12-2-1-7-24-12/h1-4,7,10-11,13-14H,5-6,8-9H2,(H2,18,19,23)/t10-,11-,13-,14-/m0/s1. The molecule has 2 N–H and O–H groups in total. The lowest BCUT2D eigenvalue weighted by Crippen LogP contribution is -2.42. The van der Waals surface area contributed by atoms with E-state index >= 15 is 0 Å². The fraction of sp³-hybridized carbons (Fsp3) is 0.471. The second-order valence-corrected chi connectivity index (χ2v) is 6.52. The third kappa shape index (κ3) is 2.40. The van der Waals surface area contributed by atoms with Crippen molar-refractivity contribution in [3.05, 3.63) is 36.3 Å². The third-order valence-corrected chi connectivity index (χ3v) is 5.19. The van der Waals surface area contributed by atoms with Gasteiger partial charge in [-0.05, 0) is 30.4 Å².